The Morgan fingerprint density at radius 3 is 2.88 bits per heavy atom. The predicted octanol–water partition coefficient (Wildman–Crippen LogP) is 2.53. The molecule has 1 fully saturated rings. The summed E-state index contributed by atoms with van der Waals surface area (Å²) in [7, 11) is 2.01. The van der Waals surface area contributed by atoms with E-state index in [1.165, 1.54) is 12.1 Å². The van der Waals surface area contributed by atoms with E-state index in [-0.39, 0.29) is 5.82 Å². The third kappa shape index (κ3) is 2.89. The number of anilines is 1. The monoisotopic (exact) mass is 327 g/mol. The molecule has 24 heavy (non-hydrogen) atoms. The van der Waals surface area contributed by atoms with Crippen LogP contribution in [0.1, 0.15) is 29.6 Å². The van der Waals surface area contributed by atoms with Crippen LogP contribution >= 0.6 is 0 Å². The fourth-order valence-electron chi connectivity index (χ4n) is 3.15. The highest BCUT2D eigenvalue weighted by molar-refractivity contribution is 5.32. The lowest BCUT2D eigenvalue weighted by atomic mass is 10.1. The SMILES string of the molecule is Cn1ccnc1C1CCN(c2noc(Cc3ccc(F)cc3)n2)C1. The fourth-order valence-corrected chi connectivity index (χ4v) is 3.15. The second-order valence-electron chi connectivity index (χ2n) is 6.12. The molecule has 0 aliphatic carbocycles. The normalized spacial score (nSPS) is 17.6. The van der Waals surface area contributed by atoms with Crippen LogP contribution in [0, 0.1) is 5.82 Å². The Morgan fingerprint density at radius 2 is 2.12 bits per heavy atom. The van der Waals surface area contributed by atoms with E-state index in [0.717, 1.165) is 30.9 Å². The highest BCUT2D eigenvalue weighted by Crippen LogP contribution is 2.28. The van der Waals surface area contributed by atoms with E-state index in [0.29, 0.717) is 24.2 Å². The molecule has 4 rings (SSSR count). The molecule has 0 amide bonds. The average Bonchev–Trinajstić information content (AvgIpc) is 3.29. The Hall–Kier alpha value is -2.70. The predicted molar refractivity (Wildman–Crippen MR) is 86.3 cm³/mol. The van der Waals surface area contributed by atoms with E-state index in [9.17, 15) is 4.39 Å². The third-order valence-electron chi connectivity index (χ3n) is 4.42. The average molecular weight is 327 g/mol. The Morgan fingerprint density at radius 1 is 1.29 bits per heavy atom. The van der Waals surface area contributed by atoms with Crippen molar-refractivity contribution in [1.29, 1.82) is 0 Å². The van der Waals surface area contributed by atoms with Crippen molar-refractivity contribution in [3.63, 3.8) is 0 Å². The van der Waals surface area contributed by atoms with Gasteiger partial charge in [-0.2, -0.15) is 4.98 Å². The van der Waals surface area contributed by atoms with Gasteiger partial charge in [-0.1, -0.05) is 12.1 Å². The molecule has 0 saturated carbocycles. The maximum atomic E-state index is 13.0. The molecule has 0 N–H and O–H groups in total. The molecule has 7 heteroatoms. The summed E-state index contributed by atoms with van der Waals surface area (Å²) in [5.74, 6) is 2.37. The molecule has 1 aromatic carbocycles. The van der Waals surface area contributed by atoms with Crippen LogP contribution < -0.4 is 4.90 Å². The van der Waals surface area contributed by atoms with Gasteiger partial charge in [0.15, 0.2) is 0 Å². The van der Waals surface area contributed by atoms with Crippen LogP contribution in [0.3, 0.4) is 0 Å². The number of imidazole rings is 1. The minimum Gasteiger partial charge on any atom is -0.338 e. The molecule has 0 bridgehead atoms. The summed E-state index contributed by atoms with van der Waals surface area (Å²) in [5.41, 5.74) is 0.943. The highest BCUT2D eigenvalue weighted by atomic mass is 19.1. The van der Waals surface area contributed by atoms with Crippen molar-refractivity contribution >= 4 is 5.95 Å². The third-order valence-corrected chi connectivity index (χ3v) is 4.42. The zero-order valence-electron chi connectivity index (χ0n) is 13.4. The number of aromatic nitrogens is 4. The molecule has 1 aliphatic heterocycles. The molecule has 0 radical (unpaired) electrons. The van der Waals surface area contributed by atoms with Gasteiger partial charge in [-0.25, -0.2) is 9.37 Å². The molecule has 124 valence electrons. The van der Waals surface area contributed by atoms with Crippen LogP contribution in [0.4, 0.5) is 10.3 Å². The minimum absolute atomic E-state index is 0.248. The van der Waals surface area contributed by atoms with Crippen molar-refractivity contribution in [2.45, 2.75) is 18.8 Å². The van der Waals surface area contributed by atoms with Gasteiger partial charge in [0.2, 0.25) is 5.89 Å². The Kier molecular flexibility index (Phi) is 3.76. The number of nitrogens with zero attached hydrogens (tertiary/aromatic N) is 5. The summed E-state index contributed by atoms with van der Waals surface area (Å²) in [6.45, 7) is 1.72. The molecule has 0 spiro atoms. The van der Waals surface area contributed by atoms with E-state index in [2.05, 4.69) is 24.6 Å². The summed E-state index contributed by atoms with van der Waals surface area (Å²) in [4.78, 5) is 11.0. The molecule has 6 nitrogen and oxygen atoms in total. The van der Waals surface area contributed by atoms with E-state index < -0.39 is 0 Å². The van der Waals surface area contributed by atoms with Gasteiger partial charge >= 0.3 is 0 Å². The van der Waals surface area contributed by atoms with Crippen LogP contribution in [0.15, 0.2) is 41.2 Å². The first kappa shape index (κ1) is 14.9. The maximum absolute atomic E-state index is 13.0. The zero-order chi connectivity index (χ0) is 16.5. The molecule has 1 saturated heterocycles. The van der Waals surface area contributed by atoms with Crippen molar-refractivity contribution < 1.29 is 8.91 Å². The van der Waals surface area contributed by atoms with Gasteiger partial charge in [-0.15, -0.1) is 0 Å². The van der Waals surface area contributed by atoms with Gasteiger partial charge in [0.25, 0.3) is 5.95 Å². The summed E-state index contributed by atoms with van der Waals surface area (Å²) in [6.07, 6.45) is 5.32. The Labute approximate surface area is 138 Å². The van der Waals surface area contributed by atoms with Crippen molar-refractivity contribution in [2.75, 3.05) is 18.0 Å². The van der Waals surface area contributed by atoms with Crippen LogP contribution in [0.2, 0.25) is 0 Å². The quantitative estimate of drug-likeness (QED) is 0.737. The number of hydrogen-bond donors (Lipinski definition) is 0. The fraction of sp³-hybridized carbons (Fsp3) is 0.353. The molecular weight excluding hydrogens is 309 g/mol. The smallest absolute Gasteiger partial charge is 0.266 e. The molecule has 3 aromatic rings. The van der Waals surface area contributed by atoms with Gasteiger partial charge in [0.05, 0.1) is 6.42 Å². The lowest BCUT2D eigenvalue weighted by Crippen LogP contribution is -2.21. The second kappa shape index (κ2) is 6.07. The van der Waals surface area contributed by atoms with Gasteiger partial charge in [-0.05, 0) is 29.3 Å². The van der Waals surface area contributed by atoms with Crippen LogP contribution in [0.5, 0.6) is 0 Å². The molecule has 2 aromatic heterocycles. The first-order valence-electron chi connectivity index (χ1n) is 7.98. The van der Waals surface area contributed by atoms with Crippen LogP contribution in [-0.4, -0.2) is 32.8 Å². The first-order chi connectivity index (χ1) is 11.7. The first-order valence-corrected chi connectivity index (χ1v) is 7.98. The number of hydrogen-bond acceptors (Lipinski definition) is 5. The molecule has 3 heterocycles. The Balaban J connectivity index is 1.44. The summed E-state index contributed by atoms with van der Waals surface area (Å²) in [6, 6.07) is 6.33. The molecule has 1 atom stereocenters. The van der Waals surface area contributed by atoms with E-state index >= 15 is 0 Å². The van der Waals surface area contributed by atoms with Gasteiger partial charge in [0.1, 0.15) is 11.6 Å². The van der Waals surface area contributed by atoms with Gasteiger partial charge < -0.3 is 14.0 Å². The number of halogens is 1. The number of aryl methyl sites for hydroxylation is 1. The lowest BCUT2D eigenvalue weighted by molar-refractivity contribution is 0.384. The topological polar surface area (TPSA) is 60.0 Å². The molecule has 1 unspecified atom stereocenters. The maximum Gasteiger partial charge on any atom is 0.266 e. The number of benzene rings is 1. The van der Waals surface area contributed by atoms with Crippen LogP contribution in [0.25, 0.3) is 0 Å². The summed E-state index contributed by atoms with van der Waals surface area (Å²) < 4.78 is 20.4. The highest BCUT2D eigenvalue weighted by Gasteiger charge is 2.29. The lowest BCUT2D eigenvalue weighted by Gasteiger charge is -2.13. The standard InChI is InChI=1S/C17H18FN5O/c1-22-9-7-19-16(22)13-6-8-23(11-13)17-20-15(24-21-17)10-12-2-4-14(18)5-3-12/h2-5,7,9,13H,6,8,10-11H2,1H3. The molecule has 1 aliphatic rings. The van der Waals surface area contributed by atoms with Crippen molar-refractivity contribution in [3.05, 3.63) is 59.8 Å². The van der Waals surface area contributed by atoms with E-state index in [1.807, 2.05) is 19.4 Å². The Bertz CT molecular complexity index is 826. The molecular formula is C17H18FN5O. The van der Waals surface area contributed by atoms with Crippen molar-refractivity contribution in [3.8, 4) is 0 Å². The van der Waals surface area contributed by atoms with Crippen LogP contribution in [-0.2, 0) is 13.5 Å². The zero-order valence-corrected chi connectivity index (χ0v) is 13.4. The number of rotatable bonds is 4. The van der Waals surface area contributed by atoms with Gasteiger partial charge in [-0.3, -0.25) is 0 Å². The summed E-state index contributed by atoms with van der Waals surface area (Å²) >= 11 is 0. The van der Waals surface area contributed by atoms with Gasteiger partial charge in [0, 0.05) is 38.4 Å². The van der Waals surface area contributed by atoms with Crippen molar-refractivity contribution in [2.24, 2.45) is 7.05 Å². The minimum atomic E-state index is -0.248. The van der Waals surface area contributed by atoms with E-state index in [4.69, 9.17) is 4.52 Å². The van der Waals surface area contributed by atoms with E-state index in [1.54, 1.807) is 12.1 Å². The second-order valence-corrected chi connectivity index (χ2v) is 6.12. The summed E-state index contributed by atoms with van der Waals surface area (Å²) in [5, 5.41) is 4.09. The van der Waals surface area contributed by atoms with Crippen molar-refractivity contribution in [1.82, 2.24) is 19.7 Å². The largest absolute Gasteiger partial charge is 0.338 e.